The van der Waals surface area contributed by atoms with Crippen molar-refractivity contribution in [1.82, 2.24) is 15.2 Å². The minimum Gasteiger partial charge on any atom is -0.463 e. The van der Waals surface area contributed by atoms with E-state index >= 15 is 0 Å². The second kappa shape index (κ2) is 10.3. The third-order valence-corrected chi connectivity index (χ3v) is 5.28. The molecule has 2 aromatic rings. The molecule has 31 heavy (non-hydrogen) atoms. The van der Waals surface area contributed by atoms with Crippen molar-refractivity contribution in [1.29, 1.82) is 0 Å². The molecule has 4 rings (SSSR count). The second-order valence-corrected chi connectivity index (χ2v) is 8.08. The number of carbonyl (C=O) groups excluding carboxylic acids is 1. The Balaban J connectivity index is 0.000000287. The summed E-state index contributed by atoms with van der Waals surface area (Å²) in [7, 11) is 0. The van der Waals surface area contributed by atoms with Crippen LogP contribution >= 0.6 is 22.9 Å². The van der Waals surface area contributed by atoms with Crippen LogP contribution < -0.4 is 5.32 Å². The second-order valence-electron chi connectivity index (χ2n) is 6.75. The third-order valence-electron chi connectivity index (χ3n) is 4.26. The van der Waals surface area contributed by atoms with Crippen LogP contribution in [0.3, 0.4) is 0 Å². The smallest absolute Gasteiger partial charge is 0.337 e. The summed E-state index contributed by atoms with van der Waals surface area (Å²) in [5, 5.41) is 6.01. The number of alkyl halides is 2. The molecular formula is C20H20ClF3N4O2S. The molecule has 11 heteroatoms. The topological polar surface area (TPSA) is 66.8 Å². The molecular weight excluding hydrogens is 453 g/mol. The van der Waals surface area contributed by atoms with Crippen molar-refractivity contribution < 1.29 is 22.7 Å². The molecule has 1 aromatic heterocycles. The fourth-order valence-corrected chi connectivity index (χ4v) is 3.69. The van der Waals surface area contributed by atoms with Crippen LogP contribution in [0.1, 0.15) is 11.9 Å². The van der Waals surface area contributed by atoms with Crippen LogP contribution in [-0.4, -0.2) is 60.4 Å². The number of hydrogen-bond donors (Lipinski definition) is 1. The maximum Gasteiger partial charge on any atom is 0.337 e. The number of ether oxygens (including phenoxy) is 1. The molecule has 3 heterocycles. The summed E-state index contributed by atoms with van der Waals surface area (Å²) < 4.78 is 43.1. The number of thiazole rings is 1. The molecule has 0 saturated carbocycles. The van der Waals surface area contributed by atoms with Crippen LogP contribution in [0.4, 0.5) is 13.2 Å². The van der Waals surface area contributed by atoms with E-state index in [-0.39, 0.29) is 38.6 Å². The van der Waals surface area contributed by atoms with E-state index in [4.69, 9.17) is 16.3 Å². The van der Waals surface area contributed by atoms with Gasteiger partial charge in [0.25, 0.3) is 5.92 Å². The summed E-state index contributed by atoms with van der Waals surface area (Å²) in [5.74, 6) is -2.86. The Morgan fingerprint density at radius 2 is 2.16 bits per heavy atom. The van der Waals surface area contributed by atoms with Gasteiger partial charge in [-0.05, 0) is 25.1 Å². The zero-order chi connectivity index (χ0) is 22.4. The number of carbonyl (C=O) groups is 1. The first-order valence-corrected chi connectivity index (χ1v) is 10.6. The van der Waals surface area contributed by atoms with Gasteiger partial charge in [0.2, 0.25) is 0 Å². The Bertz CT molecular complexity index is 957. The van der Waals surface area contributed by atoms with E-state index < -0.39 is 11.9 Å². The summed E-state index contributed by atoms with van der Waals surface area (Å²) in [6, 6.07) is 5.82. The monoisotopic (exact) mass is 472 g/mol. The lowest BCUT2D eigenvalue weighted by Crippen LogP contribution is -2.57. The zero-order valence-electron chi connectivity index (χ0n) is 16.6. The van der Waals surface area contributed by atoms with Crippen molar-refractivity contribution in [2.75, 3.05) is 32.8 Å². The lowest BCUT2D eigenvalue weighted by Gasteiger charge is -2.39. The summed E-state index contributed by atoms with van der Waals surface area (Å²) in [5.41, 5.74) is 0.932. The van der Waals surface area contributed by atoms with Crippen molar-refractivity contribution in [3.05, 3.63) is 63.0 Å². The van der Waals surface area contributed by atoms with Crippen molar-refractivity contribution >= 4 is 34.7 Å². The number of likely N-dealkylation sites (tertiary alicyclic amines) is 1. The fourth-order valence-electron chi connectivity index (χ4n) is 2.92. The predicted octanol–water partition coefficient (Wildman–Crippen LogP) is 3.74. The highest BCUT2D eigenvalue weighted by Gasteiger charge is 2.44. The first-order chi connectivity index (χ1) is 14.8. The van der Waals surface area contributed by atoms with Gasteiger partial charge in [-0.15, -0.1) is 11.3 Å². The van der Waals surface area contributed by atoms with Crippen LogP contribution in [0.2, 0.25) is 5.02 Å². The van der Waals surface area contributed by atoms with Crippen molar-refractivity contribution in [2.24, 2.45) is 4.99 Å². The van der Waals surface area contributed by atoms with Crippen LogP contribution in [-0.2, 0) is 9.53 Å². The number of nitrogens with one attached hydrogen (secondary N) is 1. The highest BCUT2D eigenvalue weighted by molar-refractivity contribution is 7.11. The minimum absolute atomic E-state index is 0.153. The van der Waals surface area contributed by atoms with Gasteiger partial charge in [0, 0.05) is 28.8 Å². The van der Waals surface area contributed by atoms with E-state index in [1.165, 1.54) is 23.5 Å². The number of aliphatic imine (C=N–C) groups is 1. The summed E-state index contributed by atoms with van der Waals surface area (Å²) in [4.78, 5) is 22.1. The maximum atomic E-state index is 13.0. The third kappa shape index (κ3) is 6.52. The highest BCUT2D eigenvalue weighted by Crippen LogP contribution is 2.28. The molecule has 1 saturated heterocycles. The molecule has 1 fully saturated rings. The first kappa shape index (κ1) is 23.2. The van der Waals surface area contributed by atoms with Crippen LogP contribution in [0.25, 0.3) is 0 Å². The number of esters is 1. The molecule has 0 amide bonds. The van der Waals surface area contributed by atoms with E-state index in [0.29, 0.717) is 27.1 Å². The molecule has 166 valence electrons. The van der Waals surface area contributed by atoms with Gasteiger partial charge >= 0.3 is 5.97 Å². The molecule has 0 radical (unpaired) electrons. The van der Waals surface area contributed by atoms with Crippen LogP contribution in [0.5, 0.6) is 0 Å². The minimum atomic E-state index is -2.65. The Hall–Kier alpha value is -2.43. The Morgan fingerprint density at radius 1 is 1.39 bits per heavy atom. The van der Waals surface area contributed by atoms with Crippen molar-refractivity contribution in [3.8, 4) is 0 Å². The van der Waals surface area contributed by atoms with Crippen LogP contribution in [0, 0.1) is 5.82 Å². The average molecular weight is 473 g/mol. The molecule has 0 unspecified atom stereocenters. The zero-order valence-corrected chi connectivity index (χ0v) is 18.2. The normalized spacial score (nSPS) is 17.6. The van der Waals surface area contributed by atoms with Crippen molar-refractivity contribution in [2.45, 2.75) is 12.8 Å². The Morgan fingerprint density at radius 3 is 2.71 bits per heavy atom. The number of benzene rings is 1. The average Bonchev–Trinajstić information content (AvgIpc) is 3.22. The van der Waals surface area contributed by atoms with Gasteiger partial charge in [0.1, 0.15) is 5.82 Å². The van der Waals surface area contributed by atoms with Gasteiger partial charge in [-0.25, -0.2) is 22.9 Å². The highest BCUT2D eigenvalue weighted by atomic mass is 35.5. The largest absolute Gasteiger partial charge is 0.463 e. The number of hydrogen-bond acceptors (Lipinski definition) is 7. The Labute approximate surface area is 186 Å². The molecule has 0 aliphatic carbocycles. The number of rotatable bonds is 5. The van der Waals surface area contributed by atoms with Crippen LogP contribution in [0.15, 0.2) is 52.1 Å². The first-order valence-electron chi connectivity index (χ1n) is 9.39. The van der Waals surface area contributed by atoms with Gasteiger partial charge in [-0.1, -0.05) is 17.7 Å². The molecule has 1 aromatic carbocycles. The van der Waals surface area contributed by atoms with E-state index in [2.05, 4.69) is 15.3 Å². The van der Waals surface area contributed by atoms with E-state index in [0.717, 1.165) is 0 Å². The molecule has 2 aliphatic rings. The predicted molar refractivity (Wildman–Crippen MR) is 113 cm³/mol. The van der Waals surface area contributed by atoms with Gasteiger partial charge in [-0.2, -0.15) is 0 Å². The summed E-state index contributed by atoms with van der Waals surface area (Å²) in [6.45, 7) is 1.74. The number of aromatic nitrogens is 1. The van der Waals surface area contributed by atoms with Gasteiger partial charge in [0.15, 0.2) is 10.8 Å². The lowest BCUT2D eigenvalue weighted by molar-refractivity contribution is -0.138. The van der Waals surface area contributed by atoms with Crippen molar-refractivity contribution in [3.63, 3.8) is 0 Å². The molecule has 1 N–H and O–H groups in total. The molecule has 2 aliphatic heterocycles. The maximum absolute atomic E-state index is 13.0. The van der Waals surface area contributed by atoms with E-state index in [9.17, 15) is 18.0 Å². The summed E-state index contributed by atoms with van der Waals surface area (Å²) >= 11 is 6.82. The number of nitrogens with zero attached hydrogens (tertiary/aromatic N) is 3. The van der Waals surface area contributed by atoms with Gasteiger partial charge in [-0.3, -0.25) is 9.89 Å². The molecule has 0 bridgehead atoms. The van der Waals surface area contributed by atoms with E-state index in [1.807, 2.05) is 5.38 Å². The number of amidine groups is 1. The molecule has 0 atom stereocenters. The summed E-state index contributed by atoms with van der Waals surface area (Å²) in [6.07, 6.45) is 1.66. The number of halogens is 4. The quantitative estimate of drug-likeness (QED) is 0.671. The van der Waals surface area contributed by atoms with Gasteiger partial charge < -0.3 is 10.1 Å². The fraction of sp³-hybridized carbons (Fsp3) is 0.350. The van der Waals surface area contributed by atoms with E-state index in [1.54, 1.807) is 30.2 Å². The molecule has 6 nitrogen and oxygen atoms in total. The standard InChI is InChI=1S/C14H16F2N4O2S.C6H4ClF/c1-2-22-13(21)9-5-18-11(12-17-3-4-23-12)19-10(9)6-20-7-14(15,16)8-20;7-5-2-1-3-6(8)4-5/h3-4H,2,5-8H2,1H3,(H,18,19);1-4H. The molecule has 0 spiro atoms. The Kier molecular flexibility index (Phi) is 7.69. The lowest BCUT2D eigenvalue weighted by atomic mass is 10.1. The SMILES string of the molecule is CCOC(=O)C1=C(CN2CC(F)(F)C2)NC(c2nccs2)=NC1.Fc1cccc(Cl)c1. The van der Waals surface area contributed by atoms with Gasteiger partial charge in [0.05, 0.1) is 31.8 Å².